The van der Waals surface area contributed by atoms with Gasteiger partial charge in [0.25, 0.3) is 11.6 Å². The molecule has 0 aliphatic carbocycles. The first kappa shape index (κ1) is 21.2. The number of nitro benzene ring substituents is 1. The number of hydrogen-bond acceptors (Lipinski definition) is 6. The molecule has 30 heavy (non-hydrogen) atoms. The van der Waals surface area contributed by atoms with Crippen LogP contribution in [0.15, 0.2) is 48.5 Å². The average Bonchev–Trinajstić information content (AvgIpc) is 2.94. The number of imide groups is 1. The Balaban J connectivity index is 1.58. The number of nitro groups is 1. The van der Waals surface area contributed by atoms with Crippen LogP contribution in [0.2, 0.25) is 0 Å². The minimum Gasteiger partial charge on any atom is -0.325 e. The number of benzene rings is 2. The lowest BCUT2D eigenvalue weighted by Crippen LogP contribution is -2.33. The summed E-state index contributed by atoms with van der Waals surface area (Å²) in [6.45, 7) is 0.163. The first-order valence-electron chi connectivity index (χ1n) is 9.04. The van der Waals surface area contributed by atoms with E-state index in [2.05, 4.69) is 10.0 Å². The molecule has 1 fully saturated rings. The van der Waals surface area contributed by atoms with Gasteiger partial charge in [-0.05, 0) is 29.7 Å². The van der Waals surface area contributed by atoms with Crippen LogP contribution in [0.25, 0.3) is 0 Å². The van der Waals surface area contributed by atoms with E-state index in [1.807, 2.05) is 0 Å². The van der Waals surface area contributed by atoms with Gasteiger partial charge in [0, 0.05) is 30.8 Å². The first-order valence-corrected chi connectivity index (χ1v) is 10.9. The van der Waals surface area contributed by atoms with Crippen LogP contribution in [-0.2, 0) is 27.7 Å². The van der Waals surface area contributed by atoms with E-state index in [9.17, 15) is 28.1 Å². The van der Waals surface area contributed by atoms with Crippen molar-refractivity contribution in [1.82, 2.24) is 10.2 Å². The number of carbonyl (C=O) groups is 2. The van der Waals surface area contributed by atoms with Gasteiger partial charge < -0.3 is 5.32 Å². The standard InChI is InChI=1S/C19H20N4O6S/c1-30(28,29)21-15-6-2-14(3-7-15)12-17-18(24)22(19(25)20-17)11-10-13-4-8-16(9-5-13)23(26)27/h2-9,17,21H,10-12H2,1H3,(H,20,25)/t17-/m0/s1. The lowest BCUT2D eigenvalue weighted by Gasteiger charge is -2.13. The molecule has 1 heterocycles. The summed E-state index contributed by atoms with van der Waals surface area (Å²) in [6.07, 6.45) is 1.71. The zero-order valence-corrected chi connectivity index (χ0v) is 16.9. The Bertz CT molecular complexity index is 1070. The van der Waals surface area contributed by atoms with Gasteiger partial charge >= 0.3 is 6.03 Å². The lowest BCUT2D eigenvalue weighted by molar-refractivity contribution is -0.384. The van der Waals surface area contributed by atoms with Gasteiger partial charge in [-0.25, -0.2) is 13.2 Å². The number of nitrogens with zero attached hydrogens (tertiary/aromatic N) is 2. The van der Waals surface area contributed by atoms with Crippen molar-refractivity contribution < 1.29 is 22.9 Å². The van der Waals surface area contributed by atoms with E-state index in [0.717, 1.165) is 22.3 Å². The van der Waals surface area contributed by atoms with Crippen molar-refractivity contribution in [1.29, 1.82) is 0 Å². The molecule has 0 unspecified atom stereocenters. The second-order valence-corrected chi connectivity index (χ2v) is 8.69. The third-order valence-electron chi connectivity index (χ3n) is 4.58. The van der Waals surface area contributed by atoms with Crippen molar-refractivity contribution in [2.75, 3.05) is 17.5 Å². The van der Waals surface area contributed by atoms with Crippen molar-refractivity contribution in [3.8, 4) is 0 Å². The molecule has 0 aromatic heterocycles. The molecule has 2 aromatic rings. The molecule has 10 nitrogen and oxygen atoms in total. The molecule has 0 bridgehead atoms. The Labute approximate surface area is 173 Å². The van der Waals surface area contributed by atoms with Gasteiger partial charge in [-0.1, -0.05) is 24.3 Å². The maximum Gasteiger partial charge on any atom is 0.324 e. The van der Waals surface area contributed by atoms with Crippen molar-refractivity contribution in [3.05, 3.63) is 69.8 Å². The molecule has 1 aliphatic rings. The fraction of sp³-hybridized carbons (Fsp3) is 0.263. The molecule has 11 heteroatoms. The van der Waals surface area contributed by atoms with Crippen molar-refractivity contribution >= 4 is 33.3 Å². The average molecular weight is 432 g/mol. The summed E-state index contributed by atoms with van der Waals surface area (Å²) in [7, 11) is -3.37. The summed E-state index contributed by atoms with van der Waals surface area (Å²) >= 11 is 0. The zero-order valence-electron chi connectivity index (χ0n) is 16.1. The van der Waals surface area contributed by atoms with Crippen LogP contribution < -0.4 is 10.0 Å². The molecule has 1 aliphatic heterocycles. The highest BCUT2D eigenvalue weighted by Crippen LogP contribution is 2.17. The molecule has 3 rings (SSSR count). The van der Waals surface area contributed by atoms with Crippen molar-refractivity contribution in [2.24, 2.45) is 0 Å². The third-order valence-corrected chi connectivity index (χ3v) is 5.18. The predicted octanol–water partition coefficient (Wildman–Crippen LogP) is 1.67. The van der Waals surface area contributed by atoms with Gasteiger partial charge in [0.15, 0.2) is 0 Å². The van der Waals surface area contributed by atoms with Gasteiger partial charge in [-0.2, -0.15) is 0 Å². The number of rotatable bonds is 8. The lowest BCUT2D eigenvalue weighted by atomic mass is 10.1. The van der Waals surface area contributed by atoms with Gasteiger partial charge in [-0.3, -0.25) is 24.5 Å². The molecule has 0 spiro atoms. The van der Waals surface area contributed by atoms with E-state index in [0.29, 0.717) is 12.1 Å². The number of urea groups is 1. The molecule has 3 amide bonds. The molecule has 2 N–H and O–H groups in total. The highest BCUT2D eigenvalue weighted by atomic mass is 32.2. The largest absolute Gasteiger partial charge is 0.325 e. The summed E-state index contributed by atoms with van der Waals surface area (Å²) in [5.74, 6) is -0.347. The summed E-state index contributed by atoms with van der Waals surface area (Å²) in [4.78, 5) is 36.1. The smallest absolute Gasteiger partial charge is 0.324 e. The monoisotopic (exact) mass is 432 g/mol. The number of sulfonamides is 1. The maximum atomic E-state index is 12.6. The molecule has 158 valence electrons. The van der Waals surface area contributed by atoms with E-state index < -0.39 is 27.0 Å². The predicted molar refractivity (Wildman–Crippen MR) is 109 cm³/mol. The molecule has 1 atom stereocenters. The third kappa shape index (κ3) is 5.32. The SMILES string of the molecule is CS(=O)(=O)Nc1ccc(C[C@@H]2NC(=O)N(CCc3ccc([N+](=O)[O-])cc3)C2=O)cc1. The normalized spacial score (nSPS) is 16.4. The number of carbonyl (C=O) groups excluding carboxylic acids is 2. The van der Waals surface area contributed by atoms with E-state index in [1.54, 1.807) is 36.4 Å². The van der Waals surface area contributed by atoms with Gasteiger partial charge in [-0.15, -0.1) is 0 Å². The van der Waals surface area contributed by atoms with E-state index in [1.165, 1.54) is 12.1 Å². The van der Waals surface area contributed by atoms with E-state index in [-0.39, 0.29) is 24.6 Å². The molecular formula is C19H20N4O6S. The molecule has 0 radical (unpaired) electrons. The zero-order chi connectivity index (χ0) is 21.9. The molecule has 0 saturated carbocycles. The summed E-state index contributed by atoms with van der Waals surface area (Å²) < 4.78 is 24.9. The Kier molecular flexibility index (Phi) is 6.01. The van der Waals surface area contributed by atoms with Gasteiger partial charge in [0.1, 0.15) is 6.04 Å². The summed E-state index contributed by atoms with van der Waals surface area (Å²) in [5.41, 5.74) is 1.93. The first-order chi connectivity index (χ1) is 14.1. The minimum absolute atomic E-state index is 0.0217. The number of non-ortho nitro benzene ring substituents is 1. The van der Waals surface area contributed by atoms with Crippen LogP contribution >= 0.6 is 0 Å². The minimum atomic E-state index is -3.37. The topological polar surface area (TPSA) is 139 Å². The number of hydrogen-bond donors (Lipinski definition) is 2. The molecular weight excluding hydrogens is 412 g/mol. The second kappa shape index (κ2) is 8.49. The Morgan fingerprint density at radius 1 is 1.07 bits per heavy atom. The van der Waals surface area contributed by atoms with Crippen LogP contribution in [0.3, 0.4) is 0 Å². The van der Waals surface area contributed by atoms with Gasteiger partial charge in [0.2, 0.25) is 10.0 Å². The second-order valence-electron chi connectivity index (χ2n) is 6.94. The van der Waals surface area contributed by atoms with Crippen molar-refractivity contribution in [3.63, 3.8) is 0 Å². The number of amides is 3. The quantitative estimate of drug-likeness (QED) is 0.370. The van der Waals surface area contributed by atoms with Crippen LogP contribution in [0, 0.1) is 10.1 Å². The van der Waals surface area contributed by atoms with Crippen LogP contribution in [0.5, 0.6) is 0 Å². The Hall–Kier alpha value is -3.47. The maximum absolute atomic E-state index is 12.6. The molecule has 1 saturated heterocycles. The molecule has 2 aromatic carbocycles. The summed E-state index contributed by atoms with van der Waals surface area (Å²) in [5, 5.41) is 13.4. The van der Waals surface area contributed by atoms with Crippen LogP contribution in [0.4, 0.5) is 16.2 Å². The van der Waals surface area contributed by atoms with E-state index >= 15 is 0 Å². The highest BCUT2D eigenvalue weighted by molar-refractivity contribution is 7.92. The fourth-order valence-corrected chi connectivity index (χ4v) is 3.68. The number of nitrogens with one attached hydrogen (secondary N) is 2. The Morgan fingerprint density at radius 3 is 2.23 bits per heavy atom. The summed E-state index contributed by atoms with van der Waals surface area (Å²) in [6, 6.07) is 11.3. The van der Waals surface area contributed by atoms with Crippen molar-refractivity contribution in [2.45, 2.75) is 18.9 Å². The fourth-order valence-electron chi connectivity index (χ4n) is 3.11. The van der Waals surface area contributed by atoms with Gasteiger partial charge in [0.05, 0.1) is 11.2 Å². The highest BCUT2D eigenvalue weighted by Gasteiger charge is 2.37. The van der Waals surface area contributed by atoms with Crippen LogP contribution in [0.1, 0.15) is 11.1 Å². The van der Waals surface area contributed by atoms with E-state index in [4.69, 9.17) is 0 Å². The van der Waals surface area contributed by atoms with Crippen LogP contribution in [-0.4, -0.2) is 49.0 Å². The Morgan fingerprint density at radius 2 is 1.67 bits per heavy atom. The number of anilines is 1.